The molecule has 0 fully saturated rings. The number of aromatic nitrogens is 2. The van der Waals surface area contributed by atoms with E-state index < -0.39 is 6.10 Å². The number of rotatable bonds is 9. The van der Waals surface area contributed by atoms with E-state index in [-0.39, 0.29) is 6.61 Å². The average Bonchev–Trinajstić information content (AvgIpc) is 3.11. The zero-order valence-electron chi connectivity index (χ0n) is 16.1. The lowest BCUT2D eigenvalue weighted by atomic mass is 10.2. The van der Waals surface area contributed by atoms with Crippen molar-refractivity contribution in [3.8, 4) is 5.75 Å². The molecule has 0 bridgehead atoms. The third kappa shape index (κ3) is 5.02. The summed E-state index contributed by atoms with van der Waals surface area (Å²) >= 11 is 0. The van der Waals surface area contributed by atoms with E-state index in [0.29, 0.717) is 19.8 Å². The SMILES string of the molecule is OC(COCc1ccccc1)Cn1c(COc2ccccc2)nc2ccccc21. The second-order valence-electron chi connectivity index (χ2n) is 6.88. The lowest BCUT2D eigenvalue weighted by Crippen LogP contribution is -2.23. The van der Waals surface area contributed by atoms with Crippen LogP contribution in [-0.4, -0.2) is 27.4 Å². The lowest BCUT2D eigenvalue weighted by molar-refractivity contribution is 0.0202. The maximum absolute atomic E-state index is 10.6. The summed E-state index contributed by atoms with van der Waals surface area (Å²) in [6.45, 7) is 1.45. The number of aliphatic hydroxyl groups excluding tert-OH is 1. The normalized spacial score (nSPS) is 12.2. The van der Waals surface area contributed by atoms with E-state index in [4.69, 9.17) is 14.5 Å². The van der Waals surface area contributed by atoms with E-state index in [1.807, 2.05) is 89.5 Å². The van der Waals surface area contributed by atoms with Gasteiger partial charge in [0.05, 0.1) is 36.9 Å². The number of hydrogen-bond donors (Lipinski definition) is 1. The summed E-state index contributed by atoms with van der Waals surface area (Å²) < 4.78 is 13.6. The molecule has 1 heterocycles. The minimum absolute atomic E-state index is 0.250. The van der Waals surface area contributed by atoms with Crippen LogP contribution in [-0.2, 0) is 24.5 Å². The Morgan fingerprint density at radius 2 is 1.52 bits per heavy atom. The first-order chi connectivity index (χ1) is 14.3. The van der Waals surface area contributed by atoms with Crippen molar-refractivity contribution in [1.29, 1.82) is 0 Å². The lowest BCUT2D eigenvalue weighted by Gasteiger charge is -2.15. The van der Waals surface area contributed by atoms with Crippen LogP contribution in [0, 0.1) is 0 Å². The smallest absolute Gasteiger partial charge is 0.148 e. The highest BCUT2D eigenvalue weighted by Crippen LogP contribution is 2.19. The predicted octanol–water partition coefficient (Wildman–Crippen LogP) is 4.19. The van der Waals surface area contributed by atoms with Gasteiger partial charge in [0.25, 0.3) is 0 Å². The van der Waals surface area contributed by atoms with Crippen molar-refractivity contribution in [3.05, 3.63) is 96.3 Å². The van der Waals surface area contributed by atoms with E-state index in [1.54, 1.807) is 0 Å². The Kier molecular flexibility index (Phi) is 6.19. The Bertz CT molecular complexity index is 1030. The molecule has 0 radical (unpaired) electrons. The van der Waals surface area contributed by atoms with Crippen LogP contribution >= 0.6 is 0 Å². The monoisotopic (exact) mass is 388 g/mol. The first-order valence-electron chi connectivity index (χ1n) is 9.71. The molecule has 0 saturated heterocycles. The second-order valence-corrected chi connectivity index (χ2v) is 6.88. The summed E-state index contributed by atoms with van der Waals surface area (Å²) in [6, 6.07) is 27.5. The van der Waals surface area contributed by atoms with Crippen molar-refractivity contribution in [3.63, 3.8) is 0 Å². The zero-order chi connectivity index (χ0) is 19.9. The van der Waals surface area contributed by atoms with Gasteiger partial charge in [-0.05, 0) is 29.8 Å². The first-order valence-corrected chi connectivity index (χ1v) is 9.71. The summed E-state index contributed by atoms with van der Waals surface area (Å²) in [7, 11) is 0. The molecule has 1 unspecified atom stereocenters. The number of nitrogens with zero attached hydrogens (tertiary/aromatic N) is 2. The third-order valence-corrected chi connectivity index (χ3v) is 4.66. The molecule has 0 spiro atoms. The number of fused-ring (bicyclic) bond motifs is 1. The van der Waals surface area contributed by atoms with Crippen LogP contribution < -0.4 is 4.74 Å². The number of benzene rings is 3. The van der Waals surface area contributed by atoms with Crippen LogP contribution in [0.5, 0.6) is 5.75 Å². The molecule has 5 nitrogen and oxygen atoms in total. The minimum atomic E-state index is -0.646. The maximum atomic E-state index is 10.6. The maximum Gasteiger partial charge on any atom is 0.148 e. The van der Waals surface area contributed by atoms with E-state index >= 15 is 0 Å². The molecule has 5 heteroatoms. The minimum Gasteiger partial charge on any atom is -0.486 e. The van der Waals surface area contributed by atoms with Crippen molar-refractivity contribution >= 4 is 11.0 Å². The molecule has 1 N–H and O–H groups in total. The largest absolute Gasteiger partial charge is 0.486 e. The highest BCUT2D eigenvalue weighted by molar-refractivity contribution is 5.75. The van der Waals surface area contributed by atoms with Gasteiger partial charge >= 0.3 is 0 Å². The van der Waals surface area contributed by atoms with Gasteiger partial charge in [0.2, 0.25) is 0 Å². The van der Waals surface area contributed by atoms with Gasteiger partial charge in [-0.1, -0.05) is 60.7 Å². The van der Waals surface area contributed by atoms with E-state index in [9.17, 15) is 5.11 Å². The molecule has 4 rings (SSSR count). The van der Waals surface area contributed by atoms with Crippen molar-refractivity contribution in [2.24, 2.45) is 0 Å². The molecule has 29 heavy (non-hydrogen) atoms. The Labute approximate surface area is 170 Å². The first kappa shape index (κ1) is 19.2. The molecular weight excluding hydrogens is 364 g/mol. The van der Waals surface area contributed by atoms with Gasteiger partial charge < -0.3 is 19.1 Å². The van der Waals surface area contributed by atoms with E-state index in [2.05, 4.69) is 0 Å². The standard InChI is InChI=1S/C24H24N2O3/c27-20(17-28-16-19-9-3-1-4-10-19)15-26-23-14-8-7-13-22(23)25-24(26)18-29-21-11-5-2-6-12-21/h1-14,20,27H,15-18H2. The summed E-state index contributed by atoms with van der Waals surface area (Å²) in [4.78, 5) is 4.69. The Morgan fingerprint density at radius 3 is 2.31 bits per heavy atom. The zero-order valence-corrected chi connectivity index (χ0v) is 16.1. The molecule has 1 aromatic heterocycles. The van der Waals surface area contributed by atoms with Gasteiger partial charge in [0.1, 0.15) is 18.2 Å². The van der Waals surface area contributed by atoms with Crippen LogP contribution in [0.4, 0.5) is 0 Å². The fraction of sp³-hybridized carbons (Fsp3) is 0.208. The Morgan fingerprint density at radius 1 is 0.828 bits per heavy atom. The fourth-order valence-electron chi connectivity index (χ4n) is 3.25. The third-order valence-electron chi connectivity index (χ3n) is 4.66. The predicted molar refractivity (Wildman–Crippen MR) is 113 cm³/mol. The van der Waals surface area contributed by atoms with Crippen molar-refractivity contribution in [2.45, 2.75) is 25.9 Å². The van der Waals surface area contributed by atoms with Crippen molar-refractivity contribution < 1.29 is 14.6 Å². The molecule has 0 saturated carbocycles. The van der Waals surface area contributed by atoms with Crippen molar-refractivity contribution in [1.82, 2.24) is 9.55 Å². The Balaban J connectivity index is 1.43. The van der Waals surface area contributed by atoms with Gasteiger partial charge in [0.15, 0.2) is 0 Å². The summed E-state index contributed by atoms with van der Waals surface area (Å²) in [5, 5.41) is 10.6. The van der Waals surface area contributed by atoms with Gasteiger partial charge in [-0.2, -0.15) is 0 Å². The fourth-order valence-corrected chi connectivity index (χ4v) is 3.25. The quantitative estimate of drug-likeness (QED) is 0.467. The molecule has 0 aliphatic rings. The van der Waals surface area contributed by atoms with Crippen LogP contribution in [0.3, 0.4) is 0 Å². The molecule has 0 amide bonds. The number of imidazole rings is 1. The molecule has 0 aliphatic carbocycles. The number of ether oxygens (including phenoxy) is 2. The van der Waals surface area contributed by atoms with E-state index in [0.717, 1.165) is 28.2 Å². The van der Waals surface area contributed by atoms with Gasteiger partial charge in [-0.15, -0.1) is 0 Å². The number of aliphatic hydroxyl groups is 1. The van der Waals surface area contributed by atoms with Crippen LogP contribution in [0.15, 0.2) is 84.9 Å². The van der Waals surface area contributed by atoms with Gasteiger partial charge in [-0.3, -0.25) is 0 Å². The molecule has 1 atom stereocenters. The van der Waals surface area contributed by atoms with Crippen molar-refractivity contribution in [2.75, 3.05) is 6.61 Å². The summed E-state index contributed by atoms with van der Waals surface area (Å²) in [6.07, 6.45) is -0.646. The Hall–Kier alpha value is -3.15. The molecule has 4 aromatic rings. The van der Waals surface area contributed by atoms with Gasteiger partial charge in [-0.25, -0.2) is 4.98 Å². The molecule has 3 aromatic carbocycles. The highest BCUT2D eigenvalue weighted by Gasteiger charge is 2.15. The summed E-state index contributed by atoms with van der Waals surface area (Å²) in [5.41, 5.74) is 2.95. The van der Waals surface area contributed by atoms with Crippen LogP contribution in [0.25, 0.3) is 11.0 Å². The highest BCUT2D eigenvalue weighted by atomic mass is 16.5. The topological polar surface area (TPSA) is 56.5 Å². The van der Waals surface area contributed by atoms with E-state index in [1.165, 1.54) is 0 Å². The average molecular weight is 388 g/mol. The number of para-hydroxylation sites is 3. The second kappa shape index (κ2) is 9.37. The van der Waals surface area contributed by atoms with Gasteiger partial charge in [0, 0.05) is 0 Å². The van der Waals surface area contributed by atoms with Crippen LogP contribution in [0.2, 0.25) is 0 Å². The number of hydrogen-bond acceptors (Lipinski definition) is 4. The van der Waals surface area contributed by atoms with Crippen LogP contribution in [0.1, 0.15) is 11.4 Å². The molecular formula is C24H24N2O3. The molecule has 148 valence electrons. The summed E-state index contributed by atoms with van der Waals surface area (Å²) in [5.74, 6) is 1.56. The molecule has 0 aliphatic heterocycles.